The molecule has 196 valence electrons. The van der Waals surface area contributed by atoms with E-state index in [4.69, 9.17) is 9.72 Å². The number of amides is 2. The van der Waals surface area contributed by atoms with Crippen molar-refractivity contribution in [3.63, 3.8) is 0 Å². The molecule has 0 aliphatic carbocycles. The lowest BCUT2D eigenvalue weighted by Gasteiger charge is -2.27. The van der Waals surface area contributed by atoms with Crippen molar-refractivity contribution >= 4 is 33.4 Å². The van der Waals surface area contributed by atoms with Crippen molar-refractivity contribution < 1.29 is 14.3 Å². The standard InChI is InChI=1S/C29H36N4O3S/c1-3-22-9-10-25-26(18-22)37-28(32-25)12-11-27(34)31-24(17-23-7-5-4-6-8-23)19-30-29(35)21(2)20-33-13-15-36-16-14-33/h4-10,18,24H,2-3,11-17,19-20H2,1H3,(H,30,35)(H,31,34). The summed E-state index contributed by atoms with van der Waals surface area (Å²) in [5.41, 5.74) is 3.90. The number of morpholine rings is 1. The van der Waals surface area contributed by atoms with Gasteiger partial charge in [-0.15, -0.1) is 11.3 Å². The Morgan fingerprint density at radius 1 is 1.14 bits per heavy atom. The van der Waals surface area contributed by atoms with Crippen molar-refractivity contribution in [2.75, 3.05) is 39.4 Å². The van der Waals surface area contributed by atoms with Crippen molar-refractivity contribution in [2.24, 2.45) is 0 Å². The molecular weight excluding hydrogens is 484 g/mol. The smallest absolute Gasteiger partial charge is 0.247 e. The molecule has 2 amide bonds. The van der Waals surface area contributed by atoms with Crippen molar-refractivity contribution in [3.8, 4) is 0 Å². The highest BCUT2D eigenvalue weighted by atomic mass is 32.1. The van der Waals surface area contributed by atoms with Crippen LogP contribution in [0.25, 0.3) is 10.2 Å². The molecular formula is C29H36N4O3S. The van der Waals surface area contributed by atoms with Crippen LogP contribution in [0.3, 0.4) is 0 Å². The van der Waals surface area contributed by atoms with Crippen LogP contribution < -0.4 is 10.6 Å². The van der Waals surface area contributed by atoms with Gasteiger partial charge >= 0.3 is 0 Å². The first-order valence-corrected chi connectivity index (χ1v) is 13.8. The van der Waals surface area contributed by atoms with E-state index in [0.29, 0.717) is 51.1 Å². The molecule has 7 nitrogen and oxygen atoms in total. The summed E-state index contributed by atoms with van der Waals surface area (Å²) < 4.78 is 6.54. The van der Waals surface area contributed by atoms with Crippen LogP contribution in [0, 0.1) is 0 Å². The van der Waals surface area contributed by atoms with Gasteiger partial charge in [0.05, 0.1) is 34.5 Å². The van der Waals surface area contributed by atoms with Crippen LogP contribution in [0.4, 0.5) is 0 Å². The Balaban J connectivity index is 1.31. The Kier molecular flexibility index (Phi) is 9.82. The zero-order valence-corrected chi connectivity index (χ0v) is 22.3. The predicted molar refractivity (Wildman–Crippen MR) is 149 cm³/mol. The van der Waals surface area contributed by atoms with E-state index in [-0.39, 0.29) is 17.9 Å². The predicted octanol–water partition coefficient (Wildman–Crippen LogP) is 3.52. The minimum absolute atomic E-state index is 0.0455. The Hall–Kier alpha value is -3.07. The number of benzene rings is 2. The zero-order chi connectivity index (χ0) is 26.0. The number of fused-ring (bicyclic) bond motifs is 1. The van der Waals surface area contributed by atoms with E-state index >= 15 is 0 Å². The molecule has 37 heavy (non-hydrogen) atoms. The maximum Gasteiger partial charge on any atom is 0.247 e. The highest BCUT2D eigenvalue weighted by molar-refractivity contribution is 7.18. The number of carbonyl (C=O) groups excluding carboxylic acids is 2. The minimum Gasteiger partial charge on any atom is -0.379 e. The fourth-order valence-electron chi connectivity index (χ4n) is 4.38. The van der Waals surface area contributed by atoms with Gasteiger partial charge in [-0.1, -0.05) is 49.9 Å². The average Bonchev–Trinajstić information content (AvgIpc) is 3.33. The van der Waals surface area contributed by atoms with Crippen LogP contribution in [0.1, 0.15) is 29.5 Å². The number of aromatic nitrogens is 1. The lowest BCUT2D eigenvalue weighted by Crippen LogP contribution is -2.46. The maximum atomic E-state index is 12.9. The number of ether oxygens (including phenoxy) is 1. The van der Waals surface area contributed by atoms with E-state index in [2.05, 4.69) is 47.2 Å². The Bertz CT molecular complexity index is 1200. The van der Waals surface area contributed by atoms with Gasteiger partial charge in [0.25, 0.3) is 0 Å². The number of rotatable bonds is 12. The van der Waals surface area contributed by atoms with Crippen molar-refractivity contribution in [1.82, 2.24) is 20.5 Å². The quantitative estimate of drug-likeness (QED) is 0.357. The third kappa shape index (κ3) is 8.21. The van der Waals surface area contributed by atoms with Gasteiger partial charge in [0.1, 0.15) is 0 Å². The second kappa shape index (κ2) is 13.5. The fourth-order valence-corrected chi connectivity index (χ4v) is 5.41. The van der Waals surface area contributed by atoms with Gasteiger partial charge < -0.3 is 15.4 Å². The molecule has 3 aromatic rings. The molecule has 1 atom stereocenters. The van der Waals surface area contributed by atoms with E-state index in [1.165, 1.54) is 5.56 Å². The van der Waals surface area contributed by atoms with E-state index in [1.807, 2.05) is 30.3 Å². The highest BCUT2D eigenvalue weighted by Crippen LogP contribution is 2.24. The van der Waals surface area contributed by atoms with Crippen LogP contribution >= 0.6 is 11.3 Å². The summed E-state index contributed by atoms with van der Waals surface area (Å²) in [6, 6.07) is 16.1. The first-order valence-electron chi connectivity index (χ1n) is 13.0. The summed E-state index contributed by atoms with van der Waals surface area (Å²) in [4.78, 5) is 32.5. The van der Waals surface area contributed by atoms with E-state index in [0.717, 1.165) is 40.3 Å². The normalized spacial score (nSPS) is 14.8. The van der Waals surface area contributed by atoms with Crippen molar-refractivity contribution in [1.29, 1.82) is 0 Å². The molecule has 1 aliphatic heterocycles. The summed E-state index contributed by atoms with van der Waals surface area (Å²) in [5, 5.41) is 7.07. The molecule has 4 rings (SSSR count). The summed E-state index contributed by atoms with van der Waals surface area (Å²) in [6.45, 7) is 9.93. The number of aryl methyl sites for hydroxylation is 2. The lowest BCUT2D eigenvalue weighted by molar-refractivity contribution is -0.122. The second-order valence-corrected chi connectivity index (χ2v) is 10.5. The molecule has 0 spiro atoms. The molecule has 0 radical (unpaired) electrons. The van der Waals surface area contributed by atoms with Gasteiger partial charge in [0.2, 0.25) is 11.8 Å². The highest BCUT2D eigenvalue weighted by Gasteiger charge is 2.18. The second-order valence-electron chi connectivity index (χ2n) is 9.42. The first-order chi connectivity index (χ1) is 18.0. The number of hydrogen-bond acceptors (Lipinski definition) is 6. The van der Waals surface area contributed by atoms with E-state index in [1.54, 1.807) is 11.3 Å². The third-order valence-electron chi connectivity index (χ3n) is 6.51. The Morgan fingerprint density at radius 3 is 2.68 bits per heavy atom. The van der Waals surface area contributed by atoms with E-state index in [9.17, 15) is 9.59 Å². The number of hydrogen-bond donors (Lipinski definition) is 2. The number of carbonyl (C=O) groups is 2. The molecule has 1 aliphatic rings. The Labute approximate surface area is 222 Å². The molecule has 0 bridgehead atoms. The average molecular weight is 521 g/mol. The molecule has 2 heterocycles. The first kappa shape index (κ1) is 27.0. The molecule has 0 saturated carbocycles. The number of thiazole rings is 1. The third-order valence-corrected chi connectivity index (χ3v) is 7.59. The molecule has 2 N–H and O–H groups in total. The molecule has 8 heteroatoms. The van der Waals surface area contributed by atoms with Crippen LogP contribution in [0.5, 0.6) is 0 Å². The van der Waals surface area contributed by atoms with Crippen LogP contribution in [0.15, 0.2) is 60.7 Å². The van der Waals surface area contributed by atoms with Gasteiger partial charge in [-0.25, -0.2) is 4.98 Å². The molecule has 1 aromatic heterocycles. The van der Waals surface area contributed by atoms with E-state index < -0.39 is 0 Å². The van der Waals surface area contributed by atoms with Crippen molar-refractivity contribution in [2.45, 2.75) is 38.6 Å². The zero-order valence-electron chi connectivity index (χ0n) is 21.5. The molecule has 2 aromatic carbocycles. The van der Waals surface area contributed by atoms with Crippen LogP contribution in [-0.4, -0.2) is 67.1 Å². The molecule has 1 unspecified atom stereocenters. The van der Waals surface area contributed by atoms with Gasteiger partial charge in [0.15, 0.2) is 0 Å². The SMILES string of the molecule is C=C(CN1CCOCC1)C(=O)NCC(Cc1ccccc1)NC(=O)CCc1nc2ccc(CC)cc2s1. The minimum atomic E-state index is -0.225. The summed E-state index contributed by atoms with van der Waals surface area (Å²) in [5.74, 6) is -0.226. The monoisotopic (exact) mass is 520 g/mol. The lowest BCUT2D eigenvalue weighted by atomic mass is 10.1. The largest absolute Gasteiger partial charge is 0.379 e. The van der Waals surface area contributed by atoms with Gasteiger partial charge in [-0.3, -0.25) is 14.5 Å². The Morgan fingerprint density at radius 2 is 1.92 bits per heavy atom. The van der Waals surface area contributed by atoms with Gasteiger partial charge in [-0.05, 0) is 36.1 Å². The van der Waals surface area contributed by atoms with Crippen LogP contribution in [0.2, 0.25) is 0 Å². The summed E-state index contributed by atoms with van der Waals surface area (Å²) in [7, 11) is 0. The number of nitrogens with one attached hydrogen (secondary N) is 2. The van der Waals surface area contributed by atoms with Gasteiger partial charge in [-0.2, -0.15) is 0 Å². The fraction of sp³-hybridized carbons (Fsp3) is 0.414. The molecule has 1 fully saturated rings. The summed E-state index contributed by atoms with van der Waals surface area (Å²) >= 11 is 1.65. The van der Waals surface area contributed by atoms with Crippen molar-refractivity contribution in [3.05, 3.63) is 76.8 Å². The number of nitrogens with zero attached hydrogens (tertiary/aromatic N) is 2. The maximum absolute atomic E-state index is 12.9. The van der Waals surface area contributed by atoms with Crippen LogP contribution in [-0.2, 0) is 33.6 Å². The summed E-state index contributed by atoms with van der Waals surface area (Å²) in [6.07, 6.45) is 2.56. The molecule has 1 saturated heterocycles. The topological polar surface area (TPSA) is 83.6 Å². The van der Waals surface area contributed by atoms with Gasteiger partial charge in [0, 0.05) is 44.6 Å².